The molecule has 0 aliphatic carbocycles. The normalized spacial score (nSPS) is 10.7. The zero-order valence-corrected chi connectivity index (χ0v) is 14.7. The van der Waals surface area contributed by atoms with E-state index in [0.717, 1.165) is 11.3 Å². The van der Waals surface area contributed by atoms with Gasteiger partial charge in [-0.25, -0.2) is 9.37 Å². The number of para-hydroxylation sites is 1. The van der Waals surface area contributed by atoms with Crippen LogP contribution in [-0.2, 0) is 0 Å². The topological polar surface area (TPSA) is 60.5 Å². The van der Waals surface area contributed by atoms with Crippen LogP contribution < -0.4 is 14.8 Å². The minimum atomic E-state index is -3.05. The van der Waals surface area contributed by atoms with Crippen molar-refractivity contribution >= 4 is 22.4 Å². The van der Waals surface area contributed by atoms with E-state index in [1.807, 2.05) is 0 Å². The summed E-state index contributed by atoms with van der Waals surface area (Å²) >= 11 is 1.12. The molecule has 1 heterocycles. The first-order valence-electron chi connectivity index (χ1n) is 7.62. The van der Waals surface area contributed by atoms with Crippen LogP contribution in [0.5, 0.6) is 11.5 Å². The lowest BCUT2D eigenvalue weighted by atomic mass is 10.1. The molecule has 140 valence electrons. The minimum absolute atomic E-state index is 0.0509. The minimum Gasteiger partial charge on any atom is -0.494 e. The summed E-state index contributed by atoms with van der Waals surface area (Å²) in [5.74, 6) is -1.31. The molecule has 0 aliphatic rings. The van der Waals surface area contributed by atoms with E-state index in [9.17, 15) is 18.0 Å². The van der Waals surface area contributed by atoms with Crippen LogP contribution in [0.3, 0.4) is 0 Å². The van der Waals surface area contributed by atoms with Crippen molar-refractivity contribution in [2.45, 2.75) is 6.61 Å². The van der Waals surface area contributed by atoms with Gasteiger partial charge in [0.1, 0.15) is 5.75 Å². The van der Waals surface area contributed by atoms with Crippen LogP contribution in [0, 0.1) is 5.82 Å². The Balaban J connectivity index is 1.78. The maximum Gasteiger partial charge on any atom is 0.387 e. The summed E-state index contributed by atoms with van der Waals surface area (Å²) < 4.78 is 48.0. The summed E-state index contributed by atoms with van der Waals surface area (Å²) in [5, 5.41) is 4.40. The number of nitrogens with zero attached hydrogens (tertiary/aromatic N) is 1. The summed E-state index contributed by atoms with van der Waals surface area (Å²) in [6.45, 7) is -3.05. The summed E-state index contributed by atoms with van der Waals surface area (Å²) in [6, 6.07) is 10.0. The number of rotatable bonds is 6. The zero-order chi connectivity index (χ0) is 19.4. The Labute approximate surface area is 156 Å². The van der Waals surface area contributed by atoms with Crippen molar-refractivity contribution in [1.29, 1.82) is 0 Å². The number of alkyl halides is 2. The SMILES string of the molecule is COc1ccc(-c2csc(NC(=O)c3ccccc3OC(F)F)n2)cc1F. The van der Waals surface area contributed by atoms with Gasteiger partial charge in [-0.05, 0) is 30.3 Å². The van der Waals surface area contributed by atoms with Gasteiger partial charge in [-0.2, -0.15) is 8.78 Å². The molecular weight excluding hydrogens is 381 g/mol. The van der Waals surface area contributed by atoms with Crippen LogP contribution in [-0.4, -0.2) is 24.6 Å². The standard InChI is InChI=1S/C18H13F3N2O3S/c1-25-15-7-6-10(8-12(15)19)13-9-27-18(22-13)23-16(24)11-4-2-3-5-14(11)26-17(20)21/h2-9,17H,1H3,(H,22,23,24). The van der Waals surface area contributed by atoms with Crippen LogP contribution in [0.2, 0.25) is 0 Å². The van der Waals surface area contributed by atoms with E-state index in [1.165, 1.54) is 43.5 Å². The number of benzene rings is 2. The third-order valence-corrected chi connectivity index (χ3v) is 4.28. The lowest BCUT2D eigenvalue weighted by Crippen LogP contribution is -2.14. The second kappa shape index (κ2) is 8.09. The Kier molecular flexibility index (Phi) is 5.60. The number of aromatic nitrogens is 1. The van der Waals surface area contributed by atoms with Crippen molar-refractivity contribution < 1.29 is 27.4 Å². The Morgan fingerprint density at radius 3 is 2.67 bits per heavy atom. The number of hydrogen-bond donors (Lipinski definition) is 1. The Hall–Kier alpha value is -3.07. The van der Waals surface area contributed by atoms with E-state index < -0.39 is 18.3 Å². The fraction of sp³-hybridized carbons (Fsp3) is 0.111. The number of carbonyl (C=O) groups is 1. The second-order valence-electron chi connectivity index (χ2n) is 5.22. The maximum atomic E-state index is 13.8. The van der Waals surface area contributed by atoms with Gasteiger partial charge in [0.2, 0.25) is 0 Å². The van der Waals surface area contributed by atoms with E-state index >= 15 is 0 Å². The highest BCUT2D eigenvalue weighted by molar-refractivity contribution is 7.14. The van der Waals surface area contributed by atoms with E-state index in [-0.39, 0.29) is 22.2 Å². The molecule has 3 aromatic rings. The molecule has 2 aromatic carbocycles. The highest BCUT2D eigenvalue weighted by Crippen LogP contribution is 2.29. The third kappa shape index (κ3) is 4.37. The van der Waals surface area contributed by atoms with Crippen molar-refractivity contribution in [3.8, 4) is 22.8 Å². The number of amides is 1. The Bertz CT molecular complexity index is 963. The van der Waals surface area contributed by atoms with Crippen molar-refractivity contribution in [3.63, 3.8) is 0 Å². The molecule has 5 nitrogen and oxygen atoms in total. The van der Waals surface area contributed by atoms with Crippen LogP contribution in [0.25, 0.3) is 11.3 Å². The lowest BCUT2D eigenvalue weighted by Gasteiger charge is -2.09. The van der Waals surface area contributed by atoms with Crippen molar-refractivity contribution in [1.82, 2.24) is 4.98 Å². The first-order valence-corrected chi connectivity index (χ1v) is 8.50. The zero-order valence-electron chi connectivity index (χ0n) is 13.9. The van der Waals surface area contributed by atoms with Gasteiger partial charge < -0.3 is 9.47 Å². The number of nitrogens with one attached hydrogen (secondary N) is 1. The number of halogens is 3. The Morgan fingerprint density at radius 1 is 1.19 bits per heavy atom. The quantitative estimate of drug-likeness (QED) is 0.652. The van der Waals surface area contributed by atoms with Gasteiger partial charge >= 0.3 is 6.61 Å². The van der Waals surface area contributed by atoms with Gasteiger partial charge in [-0.15, -0.1) is 11.3 Å². The third-order valence-electron chi connectivity index (χ3n) is 3.52. The second-order valence-corrected chi connectivity index (χ2v) is 6.07. The predicted octanol–water partition coefficient (Wildman–Crippen LogP) is 4.81. The van der Waals surface area contributed by atoms with Gasteiger partial charge in [-0.1, -0.05) is 12.1 Å². The fourth-order valence-electron chi connectivity index (χ4n) is 2.31. The van der Waals surface area contributed by atoms with Crippen molar-refractivity contribution in [2.24, 2.45) is 0 Å². The summed E-state index contributed by atoms with van der Waals surface area (Å²) in [6.07, 6.45) is 0. The summed E-state index contributed by atoms with van der Waals surface area (Å²) in [7, 11) is 1.37. The van der Waals surface area contributed by atoms with Gasteiger partial charge in [0.25, 0.3) is 5.91 Å². The van der Waals surface area contributed by atoms with E-state index in [4.69, 9.17) is 4.74 Å². The van der Waals surface area contributed by atoms with Crippen molar-refractivity contribution in [2.75, 3.05) is 12.4 Å². The van der Waals surface area contributed by atoms with Crippen LogP contribution in [0.15, 0.2) is 47.8 Å². The first-order chi connectivity index (χ1) is 13.0. The molecular formula is C18H13F3N2O3S. The number of carbonyl (C=O) groups excluding carboxylic acids is 1. The summed E-state index contributed by atoms with van der Waals surface area (Å²) in [5.41, 5.74) is 0.908. The predicted molar refractivity (Wildman–Crippen MR) is 95.1 cm³/mol. The van der Waals surface area contributed by atoms with Gasteiger partial charge in [0.15, 0.2) is 16.7 Å². The molecule has 0 unspecified atom stereocenters. The van der Waals surface area contributed by atoms with Crippen molar-refractivity contribution in [3.05, 3.63) is 59.2 Å². The van der Waals surface area contributed by atoms with Gasteiger partial charge in [0.05, 0.1) is 18.4 Å². The average molecular weight is 394 g/mol. The summed E-state index contributed by atoms with van der Waals surface area (Å²) in [4.78, 5) is 16.6. The Morgan fingerprint density at radius 2 is 1.96 bits per heavy atom. The molecule has 27 heavy (non-hydrogen) atoms. The molecule has 0 aliphatic heterocycles. The maximum absolute atomic E-state index is 13.8. The van der Waals surface area contributed by atoms with E-state index in [1.54, 1.807) is 11.4 Å². The first kappa shape index (κ1) is 18.7. The number of anilines is 1. The molecule has 0 radical (unpaired) electrons. The molecule has 0 bridgehead atoms. The smallest absolute Gasteiger partial charge is 0.387 e. The molecule has 0 atom stereocenters. The highest BCUT2D eigenvalue weighted by atomic mass is 32.1. The molecule has 3 rings (SSSR count). The lowest BCUT2D eigenvalue weighted by molar-refractivity contribution is -0.0501. The van der Waals surface area contributed by atoms with E-state index in [0.29, 0.717) is 11.3 Å². The fourth-order valence-corrected chi connectivity index (χ4v) is 3.02. The largest absolute Gasteiger partial charge is 0.494 e. The van der Waals surface area contributed by atoms with Gasteiger partial charge in [-0.3, -0.25) is 10.1 Å². The van der Waals surface area contributed by atoms with Crippen LogP contribution >= 0.6 is 11.3 Å². The number of thiazole rings is 1. The average Bonchev–Trinajstić information content (AvgIpc) is 3.10. The molecule has 1 amide bonds. The molecule has 1 aromatic heterocycles. The molecule has 0 saturated heterocycles. The molecule has 1 N–H and O–H groups in total. The molecule has 0 spiro atoms. The van der Waals surface area contributed by atoms with Crippen LogP contribution in [0.4, 0.5) is 18.3 Å². The monoisotopic (exact) mass is 394 g/mol. The molecule has 0 saturated carbocycles. The molecule has 9 heteroatoms. The number of hydrogen-bond acceptors (Lipinski definition) is 5. The van der Waals surface area contributed by atoms with E-state index in [2.05, 4.69) is 15.0 Å². The highest BCUT2D eigenvalue weighted by Gasteiger charge is 2.17. The molecule has 0 fully saturated rings. The number of ether oxygens (including phenoxy) is 2. The number of methoxy groups -OCH3 is 1. The van der Waals surface area contributed by atoms with Gasteiger partial charge in [0, 0.05) is 10.9 Å². The van der Waals surface area contributed by atoms with Crippen LogP contribution in [0.1, 0.15) is 10.4 Å².